The molecule has 1 aliphatic carbocycles. The molecule has 1 aromatic heterocycles. The molecule has 1 saturated heterocycles. The van der Waals surface area contributed by atoms with Gasteiger partial charge in [-0.1, -0.05) is 0 Å². The molecular formula is C23H28FN3O4. The molecule has 1 aromatic carbocycles. The van der Waals surface area contributed by atoms with Crippen molar-refractivity contribution in [2.24, 2.45) is 0 Å². The number of benzene rings is 1. The largest absolute Gasteiger partial charge is 0.496 e. The number of rotatable bonds is 8. The molecule has 7 nitrogen and oxygen atoms in total. The highest BCUT2D eigenvalue weighted by Gasteiger charge is 2.45. The molecule has 2 fully saturated rings. The highest BCUT2D eigenvalue weighted by Crippen LogP contribution is 2.40. The van der Waals surface area contributed by atoms with Crippen LogP contribution in [0.5, 0.6) is 5.75 Å². The molecular weight excluding hydrogens is 401 g/mol. The number of anilines is 1. The summed E-state index contributed by atoms with van der Waals surface area (Å²) in [5, 5.41) is 3.12. The van der Waals surface area contributed by atoms with E-state index in [9.17, 15) is 9.18 Å². The van der Waals surface area contributed by atoms with Crippen LogP contribution in [-0.4, -0.2) is 63.1 Å². The lowest BCUT2D eigenvalue weighted by Gasteiger charge is -2.34. The third kappa shape index (κ3) is 5.14. The topological polar surface area (TPSA) is 72.9 Å². The minimum Gasteiger partial charge on any atom is -0.496 e. The molecule has 2 aliphatic rings. The Morgan fingerprint density at radius 2 is 2.16 bits per heavy atom. The van der Waals surface area contributed by atoms with Gasteiger partial charge >= 0.3 is 0 Å². The first-order valence-corrected chi connectivity index (χ1v) is 10.5. The molecule has 1 atom stereocenters. The molecule has 0 radical (unpaired) electrons. The van der Waals surface area contributed by atoms with Crippen LogP contribution in [0.4, 0.5) is 10.1 Å². The van der Waals surface area contributed by atoms with Gasteiger partial charge in [0, 0.05) is 37.6 Å². The molecule has 0 spiro atoms. The first kappa shape index (κ1) is 21.5. The maximum Gasteiger partial charge on any atom is 0.270 e. The number of methoxy groups -OCH3 is 2. The molecule has 166 valence electrons. The Bertz CT molecular complexity index is 933. The maximum absolute atomic E-state index is 13.7. The van der Waals surface area contributed by atoms with Gasteiger partial charge in [-0.3, -0.25) is 9.78 Å². The minimum absolute atomic E-state index is 0.000161. The first-order chi connectivity index (χ1) is 15.0. The molecule has 8 heteroatoms. The van der Waals surface area contributed by atoms with Crippen LogP contribution >= 0.6 is 0 Å². The monoisotopic (exact) mass is 429 g/mol. The summed E-state index contributed by atoms with van der Waals surface area (Å²) < 4.78 is 30.0. The van der Waals surface area contributed by atoms with Gasteiger partial charge in [0.2, 0.25) is 0 Å². The van der Waals surface area contributed by atoms with Crippen LogP contribution in [0.25, 0.3) is 0 Å². The van der Waals surface area contributed by atoms with Gasteiger partial charge in [-0.05, 0) is 55.2 Å². The lowest BCUT2D eigenvalue weighted by molar-refractivity contribution is -0.0100. The second-order valence-electron chi connectivity index (χ2n) is 8.16. The number of aromatic nitrogens is 1. The SMILES string of the molecule is COC[C@H]1CN(c2ccnc(C(=O)NC3(Cc4cc(F)ccc4OC)CC3)c2)CCO1. The Hall–Kier alpha value is -2.71. The van der Waals surface area contributed by atoms with Crippen LogP contribution in [0, 0.1) is 5.82 Å². The molecule has 1 aliphatic heterocycles. The van der Waals surface area contributed by atoms with Crippen molar-refractivity contribution in [1.29, 1.82) is 0 Å². The predicted octanol–water partition coefficient (Wildman–Crippen LogP) is 2.59. The summed E-state index contributed by atoms with van der Waals surface area (Å²) in [5.41, 5.74) is 1.66. The van der Waals surface area contributed by atoms with Crippen LogP contribution in [0.2, 0.25) is 0 Å². The summed E-state index contributed by atoms with van der Waals surface area (Å²) in [6.07, 6.45) is 3.84. The Morgan fingerprint density at radius 1 is 1.32 bits per heavy atom. The number of nitrogens with one attached hydrogen (secondary N) is 1. The van der Waals surface area contributed by atoms with Crippen LogP contribution in [-0.2, 0) is 15.9 Å². The standard InChI is InChI=1S/C23H28FN3O4/c1-29-15-19-14-27(9-10-31-19)18-5-8-25-20(12-18)22(28)26-23(6-7-23)13-16-11-17(24)3-4-21(16)30-2/h3-5,8,11-12,19H,6-7,9-10,13-15H2,1-2H3,(H,26,28)/t19-/m1/s1. The Morgan fingerprint density at radius 3 is 2.90 bits per heavy atom. The van der Waals surface area contributed by atoms with E-state index < -0.39 is 5.54 Å². The van der Waals surface area contributed by atoms with Gasteiger partial charge in [0.15, 0.2) is 0 Å². The van der Waals surface area contributed by atoms with Crippen molar-refractivity contribution in [3.8, 4) is 5.75 Å². The molecule has 0 bridgehead atoms. The lowest BCUT2D eigenvalue weighted by atomic mass is 10.0. The molecule has 1 amide bonds. The highest BCUT2D eigenvalue weighted by atomic mass is 19.1. The van der Waals surface area contributed by atoms with Crippen molar-refractivity contribution in [3.63, 3.8) is 0 Å². The van der Waals surface area contributed by atoms with Crippen molar-refractivity contribution in [2.75, 3.05) is 45.4 Å². The second kappa shape index (κ2) is 9.20. The molecule has 4 rings (SSSR count). The number of morpholine rings is 1. The van der Waals surface area contributed by atoms with Gasteiger partial charge in [-0.15, -0.1) is 0 Å². The van der Waals surface area contributed by atoms with E-state index in [1.807, 2.05) is 12.1 Å². The average Bonchev–Trinajstić information content (AvgIpc) is 3.53. The number of halogens is 1. The van der Waals surface area contributed by atoms with Crippen molar-refractivity contribution >= 4 is 11.6 Å². The summed E-state index contributed by atoms with van der Waals surface area (Å²) in [6.45, 7) is 2.58. The number of ether oxygens (including phenoxy) is 3. The third-order valence-corrected chi connectivity index (χ3v) is 5.84. The second-order valence-corrected chi connectivity index (χ2v) is 8.16. The molecule has 0 unspecified atom stereocenters. The van der Waals surface area contributed by atoms with Crippen LogP contribution < -0.4 is 15.0 Å². The summed E-state index contributed by atoms with van der Waals surface area (Å²) >= 11 is 0. The van der Waals surface area contributed by atoms with E-state index in [-0.39, 0.29) is 17.8 Å². The van der Waals surface area contributed by atoms with Gasteiger partial charge in [0.1, 0.15) is 17.3 Å². The van der Waals surface area contributed by atoms with E-state index >= 15 is 0 Å². The minimum atomic E-state index is -0.391. The van der Waals surface area contributed by atoms with E-state index in [4.69, 9.17) is 14.2 Å². The van der Waals surface area contributed by atoms with Gasteiger partial charge in [-0.2, -0.15) is 0 Å². The Kier molecular flexibility index (Phi) is 6.38. The zero-order chi connectivity index (χ0) is 21.8. The van der Waals surface area contributed by atoms with Crippen LogP contribution in [0.15, 0.2) is 36.5 Å². The van der Waals surface area contributed by atoms with Crippen LogP contribution in [0.1, 0.15) is 28.9 Å². The zero-order valence-electron chi connectivity index (χ0n) is 17.9. The Labute approximate surface area is 181 Å². The van der Waals surface area contributed by atoms with Crippen molar-refractivity contribution < 1.29 is 23.4 Å². The van der Waals surface area contributed by atoms with Crippen molar-refractivity contribution in [1.82, 2.24) is 10.3 Å². The molecule has 1 N–H and O–H groups in total. The van der Waals surface area contributed by atoms with Crippen molar-refractivity contribution in [2.45, 2.75) is 30.9 Å². The van der Waals surface area contributed by atoms with Crippen LogP contribution in [0.3, 0.4) is 0 Å². The van der Waals surface area contributed by atoms with E-state index in [0.717, 1.165) is 30.6 Å². The van der Waals surface area contributed by atoms with Gasteiger partial charge in [0.25, 0.3) is 5.91 Å². The summed E-state index contributed by atoms with van der Waals surface area (Å²) in [6, 6.07) is 8.17. The number of carbonyl (C=O) groups excluding carboxylic acids is 1. The summed E-state index contributed by atoms with van der Waals surface area (Å²) in [7, 11) is 3.22. The van der Waals surface area contributed by atoms with E-state index in [1.165, 1.54) is 12.1 Å². The number of pyridine rings is 1. The fourth-order valence-corrected chi connectivity index (χ4v) is 4.03. The maximum atomic E-state index is 13.7. The van der Waals surface area contributed by atoms with E-state index in [0.29, 0.717) is 37.6 Å². The number of hydrogen-bond acceptors (Lipinski definition) is 6. The Balaban J connectivity index is 1.44. The first-order valence-electron chi connectivity index (χ1n) is 10.5. The fourth-order valence-electron chi connectivity index (χ4n) is 4.03. The van der Waals surface area contributed by atoms with Gasteiger partial charge < -0.3 is 24.4 Å². The predicted molar refractivity (Wildman–Crippen MR) is 114 cm³/mol. The normalized spacial score (nSPS) is 19.7. The van der Waals surface area contributed by atoms with Gasteiger partial charge in [-0.25, -0.2) is 4.39 Å². The zero-order valence-corrected chi connectivity index (χ0v) is 17.9. The highest BCUT2D eigenvalue weighted by molar-refractivity contribution is 5.94. The smallest absolute Gasteiger partial charge is 0.270 e. The van der Waals surface area contributed by atoms with E-state index in [2.05, 4.69) is 15.2 Å². The number of nitrogens with zero attached hydrogens (tertiary/aromatic N) is 2. The quantitative estimate of drug-likeness (QED) is 0.696. The van der Waals surface area contributed by atoms with E-state index in [1.54, 1.807) is 26.5 Å². The average molecular weight is 429 g/mol. The number of hydrogen-bond donors (Lipinski definition) is 1. The number of carbonyl (C=O) groups is 1. The molecule has 2 aromatic rings. The van der Waals surface area contributed by atoms with Crippen molar-refractivity contribution in [3.05, 3.63) is 53.6 Å². The summed E-state index contributed by atoms with van der Waals surface area (Å²) in [4.78, 5) is 19.4. The summed E-state index contributed by atoms with van der Waals surface area (Å²) in [5.74, 6) is 0.0842. The fraction of sp³-hybridized carbons (Fsp3) is 0.478. The lowest BCUT2D eigenvalue weighted by Crippen LogP contribution is -2.44. The molecule has 1 saturated carbocycles. The van der Waals surface area contributed by atoms with Gasteiger partial charge in [0.05, 0.1) is 26.4 Å². The molecule has 2 heterocycles. The number of amides is 1. The molecule has 31 heavy (non-hydrogen) atoms. The third-order valence-electron chi connectivity index (χ3n) is 5.84.